The first-order valence-electron chi connectivity index (χ1n) is 7.15. The van der Waals surface area contributed by atoms with Gasteiger partial charge in [0, 0.05) is 17.7 Å². The highest BCUT2D eigenvalue weighted by molar-refractivity contribution is 5.96. The Balaban J connectivity index is 2.37. The Kier molecular flexibility index (Phi) is 3.63. The highest BCUT2D eigenvalue weighted by atomic mass is 16.5. The number of esters is 1. The standard InChI is InChI=1S/C19H16O3/c1-12-5-3-6-14-9-10-16-15(11-22-13(2)20)7-4-8-17(16)19(21)18(12)14/h3-10H,11H2,1-2H3. The summed E-state index contributed by atoms with van der Waals surface area (Å²) in [6, 6.07) is 15.2. The first-order valence-corrected chi connectivity index (χ1v) is 7.15. The van der Waals surface area contributed by atoms with Crippen LogP contribution >= 0.6 is 0 Å². The second-order valence-corrected chi connectivity index (χ2v) is 5.36. The van der Waals surface area contributed by atoms with Crippen molar-refractivity contribution in [2.45, 2.75) is 20.5 Å². The van der Waals surface area contributed by atoms with Gasteiger partial charge in [0.05, 0.1) is 0 Å². The third kappa shape index (κ3) is 2.46. The molecule has 0 unspecified atom stereocenters. The molecule has 3 heteroatoms. The van der Waals surface area contributed by atoms with Gasteiger partial charge in [0.1, 0.15) is 6.61 Å². The summed E-state index contributed by atoms with van der Waals surface area (Å²) in [5.74, 6) is -0.333. The monoisotopic (exact) mass is 292 g/mol. The minimum atomic E-state index is -0.333. The summed E-state index contributed by atoms with van der Waals surface area (Å²) in [7, 11) is 0. The molecule has 22 heavy (non-hydrogen) atoms. The van der Waals surface area contributed by atoms with Gasteiger partial charge in [-0.3, -0.25) is 9.59 Å². The van der Waals surface area contributed by atoms with Crippen LogP contribution < -0.4 is 5.43 Å². The number of aryl methyl sites for hydroxylation is 1. The summed E-state index contributed by atoms with van der Waals surface area (Å²) in [5, 5.41) is 3.13. The fourth-order valence-corrected chi connectivity index (χ4v) is 2.76. The van der Waals surface area contributed by atoms with E-state index in [0.717, 1.165) is 27.3 Å². The van der Waals surface area contributed by atoms with Gasteiger partial charge in [-0.1, -0.05) is 48.5 Å². The van der Waals surface area contributed by atoms with Gasteiger partial charge in [0.2, 0.25) is 0 Å². The van der Waals surface area contributed by atoms with Gasteiger partial charge >= 0.3 is 5.97 Å². The molecule has 0 aliphatic rings. The molecular formula is C19H16O3. The maximum atomic E-state index is 12.9. The van der Waals surface area contributed by atoms with Crippen LogP contribution in [0.25, 0.3) is 21.5 Å². The molecule has 0 saturated carbocycles. The van der Waals surface area contributed by atoms with Gasteiger partial charge in [-0.25, -0.2) is 0 Å². The third-order valence-corrected chi connectivity index (χ3v) is 3.83. The average molecular weight is 292 g/mol. The van der Waals surface area contributed by atoms with E-state index in [1.165, 1.54) is 6.92 Å². The zero-order chi connectivity index (χ0) is 15.7. The highest BCUT2D eigenvalue weighted by Gasteiger charge is 2.08. The molecule has 0 amide bonds. The Morgan fingerprint density at radius 3 is 2.55 bits per heavy atom. The number of rotatable bonds is 2. The molecule has 0 aromatic heterocycles. The lowest BCUT2D eigenvalue weighted by Crippen LogP contribution is -2.03. The van der Waals surface area contributed by atoms with Gasteiger partial charge in [-0.05, 0) is 28.8 Å². The smallest absolute Gasteiger partial charge is 0.302 e. The van der Waals surface area contributed by atoms with Crippen LogP contribution in [0.3, 0.4) is 0 Å². The number of carbonyl (C=O) groups excluding carboxylic acids is 1. The van der Waals surface area contributed by atoms with Gasteiger partial charge in [0.15, 0.2) is 5.43 Å². The summed E-state index contributed by atoms with van der Waals surface area (Å²) < 4.78 is 5.09. The lowest BCUT2D eigenvalue weighted by atomic mass is 10.1. The predicted octanol–water partition coefficient (Wildman–Crippen LogP) is 3.72. The second-order valence-electron chi connectivity index (χ2n) is 5.36. The fourth-order valence-electron chi connectivity index (χ4n) is 2.76. The number of hydrogen-bond donors (Lipinski definition) is 0. The van der Waals surface area contributed by atoms with Crippen molar-refractivity contribution in [2.24, 2.45) is 0 Å². The lowest BCUT2D eigenvalue weighted by Gasteiger charge is -2.04. The van der Waals surface area contributed by atoms with Crippen molar-refractivity contribution < 1.29 is 9.53 Å². The van der Waals surface area contributed by atoms with Crippen molar-refractivity contribution in [3.8, 4) is 0 Å². The zero-order valence-corrected chi connectivity index (χ0v) is 12.6. The number of fused-ring (bicyclic) bond motifs is 2. The summed E-state index contributed by atoms with van der Waals surface area (Å²) in [6.45, 7) is 3.49. The first kappa shape index (κ1) is 14.3. The first-order chi connectivity index (χ1) is 10.6. The lowest BCUT2D eigenvalue weighted by molar-refractivity contribution is -0.142. The molecule has 0 radical (unpaired) electrons. The van der Waals surface area contributed by atoms with Gasteiger partial charge < -0.3 is 4.74 Å². The average Bonchev–Trinajstić information content (AvgIpc) is 2.64. The Labute approximate surface area is 128 Å². The maximum Gasteiger partial charge on any atom is 0.302 e. The number of benzene rings is 2. The van der Waals surface area contributed by atoms with Crippen LogP contribution in [0.15, 0.2) is 53.3 Å². The molecule has 0 aliphatic carbocycles. The summed E-state index contributed by atoms with van der Waals surface area (Å²) >= 11 is 0. The molecular weight excluding hydrogens is 276 g/mol. The van der Waals surface area contributed by atoms with E-state index in [1.54, 1.807) is 0 Å². The van der Waals surface area contributed by atoms with Crippen LogP contribution in [0.4, 0.5) is 0 Å². The minimum Gasteiger partial charge on any atom is -0.461 e. The van der Waals surface area contributed by atoms with E-state index < -0.39 is 0 Å². The Morgan fingerprint density at radius 1 is 1.00 bits per heavy atom. The normalized spacial score (nSPS) is 10.8. The van der Waals surface area contributed by atoms with E-state index >= 15 is 0 Å². The quantitative estimate of drug-likeness (QED) is 0.676. The number of ether oxygens (including phenoxy) is 1. The van der Waals surface area contributed by atoms with Crippen molar-refractivity contribution in [1.29, 1.82) is 0 Å². The summed E-state index contributed by atoms with van der Waals surface area (Å²) in [5.41, 5.74) is 1.81. The Bertz CT molecular complexity index is 942. The van der Waals surface area contributed by atoms with Crippen LogP contribution in [0.1, 0.15) is 18.1 Å². The van der Waals surface area contributed by atoms with Gasteiger partial charge in [-0.2, -0.15) is 0 Å². The van der Waals surface area contributed by atoms with E-state index in [9.17, 15) is 9.59 Å². The Hall–Kier alpha value is -2.68. The number of carbonyl (C=O) groups is 1. The molecule has 0 heterocycles. The number of hydrogen-bond acceptors (Lipinski definition) is 3. The van der Waals surface area contributed by atoms with Gasteiger partial charge in [0.25, 0.3) is 0 Å². The summed E-state index contributed by atoms with van der Waals surface area (Å²) in [6.07, 6.45) is 0. The molecule has 3 aromatic rings. The molecule has 3 nitrogen and oxygen atoms in total. The van der Waals surface area contributed by atoms with Crippen LogP contribution in [-0.4, -0.2) is 5.97 Å². The van der Waals surface area contributed by atoms with Crippen LogP contribution in [0, 0.1) is 6.92 Å². The SMILES string of the molecule is CC(=O)OCc1cccc2c(=O)c3c(C)cccc3ccc12. The topological polar surface area (TPSA) is 43.4 Å². The van der Waals surface area contributed by atoms with E-state index in [-0.39, 0.29) is 18.0 Å². The summed E-state index contributed by atoms with van der Waals surface area (Å²) in [4.78, 5) is 23.9. The molecule has 0 bridgehead atoms. The highest BCUT2D eigenvalue weighted by Crippen LogP contribution is 2.21. The van der Waals surface area contributed by atoms with Crippen molar-refractivity contribution in [2.75, 3.05) is 0 Å². The van der Waals surface area contributed by atoms with E-state index in [4.69, 9.17) is 4.74 Å². The molecule has 0 fully saturated rings. The Morgan fingerprint density at radius 2 is 1.77 bits per heavy atom. The van der Waals surface area contributed by atoms with E-state index in [1.807, 2.05) is 55.5 Å². The van der Waals surface area contributed by atoms with Crippen LogP contribution in [0.2, 0.25) is 0 Å². The molecule has 3 rings (SSSR count). The third-order valence-electron chi connectivity index (χ3n) is 3.83. The molecule has 0 N–H and O–H groups in total. The van der Waals surface area contributed by atoms with Crippen molar-refractivity contribution in [3.63, 3.8) is 0 Å². The predicted molar refractivity (Wildman–Crippen MR) is 87.9 cm³/mol. The molecule has 3 aromatic carbocycles. The zero-order valence-electron chi connectivity index (χ0n) is 12.6. The second kappa shape index (κ2) is 5.60. The van der Waals surface area contributed by atoms with Crippen molar-refractivity contribution in [3.05, 3.63) is 69.9 Å². The van der Waals surface area contributed by atoms with Crippen molar-refractivity contribution in [1.82, 2.24) is 0 Å². The van der Waals surface area contributed by atoms with E-state index in [2.05, 4.69) is 0 Å². The maximum absolute atomic E-state index is 12.9. The molecule has 110 valence electrons. The minimum absolute atomic E-state index is 0.0118. The molecule has 0 atom stereocenters. The van der Waals surface area contributed by atoms with Gasteiger partial charge in [-0.15, -0.1) is 0 Å². The fraction of sp³-hybridized carbons (Fsp3) is 0.158. The van der Waals surface area contributed by atoms with Crippen molar-refractivity contribution >= 4 is 27.5 Å². The molecule has 0 aliphatic heterocycles. The molecule has 0 saturated heterocycles. The van der Waals surface area contributed by atoms with E-state index in [0.29, 0.717) is 5.39 Å². The largest absolute Gasteiger partial charge is 0.461 e. The van der Waals surface area contributed by atoms with Crippen LogP contribution in [-0.2, 0) is 16.1 Å². The van der Waals surface area contributed by atoms with Crippen LogP contribution in [0.5, 0.6) is 0 Å². The molecule has 0 spiro atoms.